The van der Waals surface area contributed by atoms with Gasteiger partial charge in [0.15, 0.2) is 0 Å². The summed E-state index contributed by atoms with van der Waals surface area (Å²) in [6.07, 6.45) is 2.76. The van der Waals surface area contributed by atoms with E-state index in [1.807, 2.05) is 38.1 Å². The van der Waals surface area contributed by atoms with Crippen molar-refractivity contribution in [3.05, 3.63) is 65.7 Å². The average Bonchev–Trinajstić information content (AvgIpc) is 2.60. The summed E-state index contributed by atoms with van der Waals surface area (Å²) in [6.45, 7) is 5.44. The van der Waals surface area contributed by atoms with Crippen molar-refractivity contribution in [1.29, 1.82) is 0 Å². The molecule has 2 aromatic rings. The molecule has 0 aliphatic rings. The predicted octanol–water partition coefficient (Wildman–Crippen LogP) is 3.29. The molecule has 0 fully saturated rings. The Bertz CT molecular complexity index is 866. The van der Waals surface area contributed by atoms with Gasteiger partial charge < -0.3 is 5.32 Å². The first kappa shape index (κ1) is 21.0. The van der Waals surface area contributed by atoms with E-state index >= 15 is 0 Å². The Labute approximate surface area is 162 Å². The first-order chi connectivity index (χ1) is 12.7. The van der Waals surface area contributed by atoms with Crippen LogP contribution in [0.4, 0.5) is 5.69 Å². The van der Waals surface area contributed by atoms with Gasteiger partial charge in [-0.1, -0.05) is 42.5 Å². The zero-order chi connectivity index (χ0) is 20.0. The molecule has 27 heavy (non-hydrogen) atoms. The van der Waals surface area contributed by atoms with Crippen molar-refractivity contribution in [1.82, 2.24) is 5.32 Å². The summed E-state index contributed by atoms with van der Waals surface area (Å²) < 4.78 is 25.8. The number of anilines is 1. The maximum atomic E-state index is 12.7. The van der Waals surface area contributed by atoms with Gasteiger partial charge in [0, 0.05) is 6.04 Å². The standard InChI is InChI=1S/C21H28N2O3S/c1-16-9-8-12-20(15-16)23(27(4,25)26)18(3)21(24)22-17(2)13-14-19-10-6-5-7-11-19/h5-12,15,17-18H,13-14H2,1-4H3,(H,22,24)/t17-,18+/m1/s1. The van der Waals surface area contributed by atoms with E-state index in [2.05, 4.69) is 17.4 Å². The fourth-order valence-electron chi connectivity index (χ4n) is 3.04. The zero-order valence-electron chi connectivity index (χ0n) is 16.3. The van der Waals surface area contributed by atoms with Gasteiger partial charge in [0.2, 0.25) is 15.9 Å². The molecule has 1 amide bonds. The van der Waals surface area contributed by atoms with Gasteiger partial charge in [0.05, 0.1) is 11.9 Å². The van der Waals surface area contributed by atoms with Crippen molar-refractivity contribution in [3.63, 3.8) is 0 Å². The number of rotatable bonds is 8. The molecule has 6 heteroatoms. The second-order valence-corrected chi connectivity index (χ2v) is 8.87. The second kappa shape index (κ2) is 9.04. The molecule has 0 aliphatic heterocycles. The Morgan fingerprint density at radius 3 is 2.33 bits per heavy atom. The van der Waals surface area contributed by atoms with Gasteiger partial charge >= 0.3 is 0 Å². The molecule has 0 bridgehead atoms. The Kier molecular flexibility index (Phi) is 7.02. The third-order valence-electron chi connectivity index (χ3n) is 4.44. The van der Waals surface area contributed by atoms with Crippen LogP contribution in [0.15, 0.2) is 54.6 Å². The lowest BCUT2D eigenvalue weighted by molar-refractivity contribution is -0.122. The third kappa shape index (κ3) is 6.10. The monoisotopic (exact) mass is 388 g/mol. The largest absolute Gasteiger partial charge is 0.352 e. The molecule has 0 unspecified atom stereocenters. The maximum absolute atomic E-state index is 12.7. The molecule has 0 saturated heterocycles. The van der Waals surface area contributed by atoms with Crippen LogP contribution >= 0.6 is 0 Å². The highest BCUT2D eigenvalue weighted by atomic mass is 32.2. The molecular formula is C21H28N2O3S. The summed E-state index contributed by atoms with van der Waals surface area (Å²) in [5.74, 6) is -0.303. The first-order valence-electron chi connectivity index (χ1n) is 9.09. The molecule has 1 N–H and O–H groups in total. The minimum Gasteiger partial charge on any atom is -0.352 e. The van der Waals surface area contributed by atoms with Gasteiger partial charge in [-0.25, -0.2) is 8.42 Å². The smallest absolute Gasteiger partial charge is 0.243 e. The van der Waals surface area contributed by atoms with Gasteiger partial charge in [-0.3, -0.25) is 9.10 Å². The number of nitrogens with one attached hydrogen (secondary N) is 1. The molecule has 0 spiro atoms. The predicted molar refractivity (Wildman–Crippen MR) is 110 cm³/mol. The number of hydrogen-bond donors (Lipinski definition) is 1. The number of nitrogens with zero attached hydrogens (tertiary/aromatic N) is 1. The maximum Gasteiger partial charge on any atom is 0.243 e. The number of aryl methyl sites for hydroxylation is 2. The highest BCUT2D eigenvalue weighted by molar-refractivity contribution is 7.92. The van der Waals surface area contributed by atoms with Crippen molar-refractivity contribution >= 4 is 21.6 Å². The van der Waals surface area contributed by atoms with Crippen LogP contribution in [0.3, 0.4) is 0 Å². The molecule has 2 rings (SSSR count). The SMILES string of the molecule is Cc1cccc(N([C@@H](C)C(=O)N[C@H](C)CCc2ccccc2)S(C)(=O)=O)c1. The molecule has 2 aromatic carbocycles. The van der Waals surface area contributed by atoms with E-state index in [4.69, 9.17) is 0 Å². The summed E-state index contributed by atoms with van der Waals surface area (Å²) in [4.78, 5) is 12.7. The van der Waals surface area contributed by atoms with Crippen LogP contribution in [0, 0.1) is 6.92 Å². The van der Waals surface area contributed by atoms with Crippen LogP contribution in [0.2, 0.25) is 0 Å². The van der Waals surface area contributed by atoms with E-state index in [1.165, 1.54) is 9.87 Å². The van der Waals surface area contributed by atoms with Gasteiger partial charge in [0.25, 0.3) is 0 Å². The van der Waals surface area contributed by atoms with Gasteiger partial charge in [-0.05, 0) is 56.9 Å². The summed E-state index contributed by atoms with van der Waals surface area (Å²) in [7, 11) is -3.60. The van der Waals surface area contributed by atoms with E-state index in [1.54, 1.807) is 25.1 Å². The molecule has 2 atom stereocenters. The first-order valence-corrected chi connectivity index (χ1v) is 10.9. The Hall–Kier alpha value is -2.34. The van der Waals surface area contributed by atoms with Crippen LogP contribution in [0.1, 0.15) is 31.4 Å². The number of carbonyl (C=O) groups excluding carboxylic acids is 1. The van der Waals surface area contributed by atoms with Crippen molar-refractivity contribution in [2.24, 2.45) is 0 Å². The number of amides is 1. The summed E-state index contributed by atoms with van der Waals surface area (Å²) in [5.41, 5.74) is 2.64. The third-order valence-corrected chi connectivity index (χ3v) is 5.68. The molecule has 146 valence electrons. The van der Waals surface area contributed by atoms with Crippen LogP contribution < -0.4 is 9.62 Å². The van der Waals surface area contributed by atoms with Crippen LogP contribution in [0.5, 0.6) is 0 Å². The molecule has 0 saturated carbocycles. The van der Waals surface area contributed by atoms with Crippen LogP contribution in [0.25, 0.3) is 0 Å². The zero-order valence-corrected chi connectivity index (χ0v) is 17.2. The normalized spacial score (nSPS) is 13.6. The topological polar surface area (TPSA) is 66.5 Å². The Morgan fingerprint density at radius 2 is 1.74 bits per heavy atom. The molecule has 0 heterocycles. The Morgan fingerprint density at radius 1 is 1.07 bits per heavy atom. The summed E-state index contributed by atoms with van der Waals surface area (Å²) in [6, 6.07) is 16.3. The molecule has 0 radical (unpaired) electrons. The van der Waals surface area contributed by atoms with E-state index in [-0.39, 0.29) is 11.9 Å². The summed E-state index contributed by atoms with van der Waals surface area (Å²) in [5, 5.41) is 2.94. The van der Waals surface area contributed by atoms with E-state index in [9.17, 15) is 13.2 Å². The quantitative estimate of drug-likeness (QED) is 0.755. The molecule has 0 aliphatic carbocycles. The molecular weight excluding hydrogens is 360 g/mol. The molecule has 5 nitrogen and oxygen atoms in total. The second-order valence-electron chi connectivity index (χ2n) is 7.01. The fraction of sp³-hybridized carbons (Fsp3) is 0.381. The molecule has 0 aromatic heterocycles. The highest BCUT2D eigenvalue weighted by Gasteiger charge is 2.29. The lowest BCUT2D eigenvalue weighted by Crippen LogP contribution is -2.50. The summed E-state index contributed by atoms with van der Waals surface area (Å²) >= 11 is 0. The number of benzene rings is 2. The van der Waals surface area contributed by atoms with Gasteiger partial charge in [-0.2, -0.15) is 0 Å². The van der Waals surface area contributed by atoms with Crippen molar-refractivity contribution in [2.45, 2.75) is 45.7 Å². The number of carbonyl (C=O) groups is 1. The van der Waals surface area contributed by atoms with Crippen molar-refractivity contribution in [3.8, 4) is 0 Å². The van der Waals surface area contributed by atoms with Gasteiger partial charge in [0.1, 0.15) is 6.04 Å². The Balaban J connectivity index is 2.06. The van der Waals surface area contributed by atoms with Crippen LogP contribution in [-0.2, 0) is 21.2 Å². The fourth-order valence-corrected chi connectivity index (χ4v) is 4.20. The lowest BCUT2D eigenvalue weighted by atomic mass is 10.1. The van der Waals surface area contributed by atoms with Crippen molar-refractivity contribution in [2.75, 3.05) is 10.6 Å². The number of hydrogen-bond acceptors (Lipinski definition) is 3. The minimum atomic E-state index is -3.60. The lowest BCUT2D eigenvalue weighted by Gasteiger charge is -2.29. The van der Waals surface area contributed by atoms with Crippen LogP contribution in [-0.4, -0.2) is 32.7 Å². The van der Waals surface area contributed by atoms with Crippen molar-refractivity contribution < 1.29 is 13.2 Å². The minimum absolute atomic E-state index is 0.0564. The van der Waals surface area contributed by atoms with E-state index in [0.717, 1.165) is 24.7 Å². The van der Waals surface area contributed by atoms with E-state index < -0.39 is 16.1 Å². The average molecular weight is 389 g/mol. The number of sulfonamides is 1. The van der Waals surface area contributed by atoms with Gasteiger partial charge in [-0.15, -0.1) is 0 Å². The van der Waals surface area contributed by atoms with E-state index in [0.29, 0.717) is 5.69 Å². The highest BCUT2D eigenvalue weighted by Crippen LogP contribution is 2.22.